The van der Waals surface area contributed by atoms with Gasteiger partial charge in [-0.15, -0.1) is 0 Å². The minimum absolute atomic E-state index is 0.0199. The quantitative estimate of drug-likeness (QED) is 0.861. The van der Waals surface area contributed by atoms with Crippen molar-refractivity contribution in [3.8, 4) is 0 Å². The third-order valence-corrected chi connectivity index (χ3v) is 5.83. The maximum atomic E-state index is 6.38. The molecule has 0 aromatic heterocycles. The zero-order valence-electron chi connectivity index (χ0n) is 14.6. The molecule has 0 aromatic rings. The van der Waals surface area contributed by atoms with Crippen LogP contribution < -0.4 is 5.32 Å². The van der Waals surface area contributed by atoms with Gasteiger partial charge in [-0.25, -0.2) is 0 Å². The first kappa shape index (κ1) is 15.8. The molecule has 21 heavy (non-hydrogen) atoms. The van der Waals surface area contributed by atoms with E-state index in [1.807, 2.05) is 0 Å². The summed E-state index contributed by atoms with van der Waals surface area (Å²) in [7, 11) is 0. The van der Waals surface area contributed by atoms with Crippen molar-refractivity contribution in [3.05, 3.63) is 0 Å². The Kier molecular flexibility index (Phi) is 4.13. The van der Waals surface area contributed by atoms with E-state index in [-0.39, 0.29) is 11.2 Å². The molecule has 3 heteroatoms. The van der Waals surface area contributed by atoms with Crippen molar-refractivity contribution in [2.75, 3.05) is 6.54 Å². The van der Waals surface area contributed by atoms with Gasteiger partial charge in [0.1, 0.15) is 0 Å². The van der Waals surface area contributed by atoms with Gasteiger partial charge in [0, 0.05) is 24.2 Å². The van der Waals surface area contributed by atoms with Crippen LogP contribution in [0.4, 0.5) is 0 Å². The van der Waals surface area contributed by atoms with Crippen LogP contribution in [0.15, 0.2) is 0 Å². The number of hydrogen-bond donors (Lipinski definition) is 1. The molecule has 3 aliphatic heterocycles. The molecule has 3 saturated heterocycles. The normalized spacial score (nSPS) is 40.9. The highest BCUT2D eigenvalue weighted by molar-refractivity contribution is 5.04. The van der Waals surface area contributed by atoms with E-state index >= 15 is 0 Å². The Bertz CT molecular complexity index is 367. The fourth-order valence-corrected chi connectivity index (χ4v) is 5.20. The molecule has 3 rings (SSSR count). The number of piperidine rings is 1. The largest absolute Gasteiger partial charge is 0.368 e. The van der Waals surface area contributed by atoms with E-state index in [1.54, 1.807) is 0 Å². The molecule has 122 valence electrons. The molecule has 0 radical (unpaired) electrons. The molecule has 0 saturated carbocycles. The first-order chi connectivity index (χ1) is 9.81. The van der Waals surface area contributed by atoms with Crippen LogP contribution in [0, 0.1) is 0 Å². The van der Waals surface area contributed by atoms with Crippen molar-refractivity contribution in [2.24, 2.45) is 0 Å². The Labute approximate surface area is 130 Å². The lowest BCUT2D eigenvalue weighted by atomic mass is 9.88. The van der Waals surface area contributed by atoms with E-state index in [9.17, 15) is 0 Å². The number of nitrogens with one attached hydrogen (secondary N) is 1. The third kappa shape index (κ3) is 3.16. The van der Waals surface area contributed by atoms with Crippen LogP contribution in [0.5, 0.6) is 0 Å². The second-order valence-corrected chi connectivity index (χ2v) is 8.69. The van der Waals surface area contributed by atoms with Gasteiger partial charge in [-0.3, -0.25) is 4.90 Å². The molecule has 0 aromatic carbocycles. The highest BCUT2D eigenvalue weighted by atomic mass is 16.5. The first-order valence-corrected chi connectivity index (χ1v) is 9.03. The number of rotatable bonds is 4. The summed E-state index contributed by atoms with van der Waals surface area (Å²) in [6, 6.07) is 2.86. The molecular formula is C18H34N2O. The summed E-state index contributed by atoms with van der Waals surface area (Å²) in [4.78, 5) is 2.82. The van der Waals surface area contributed by atoms with E-state index in [1.165, 1.54) is 45.1 Å². The second kappa shape index (κ2) is 5.50. The van der Waals surface area contributed by atoms with E-state index in [4.69, 9.17) is 4.74 Å². The summed E-state index contributed by atoms with van der Waals surface area (Å²) in [5.41, 5.74) is -0.00531. The fourth-order valence-electron chi connectivity index (χ4n) is 5.20. The van der Waals surface area contributed by atoms with Gasteiger partial charge in [0.2, 0.25) is 0 Å². The molecular weight excluding hydrogens is 260 g/mol. The van der Waals surface area contributed by atoms with Crippen LogP contribution in [0.25, 0.3) is 0 Å². The Morgan fingerprint density at radius 1 is 1.10 bits per heavy atom. The van der Waals surface area contributed by atoms with Crippen LogP contribution in [0.2, 0.25) is 0 Å². The summed E-state index contributed by atoms with van der Waals surface area (Å²) in [5, 5.41) is 3.79. The Balaban J connectivity index is 1.78. The molecule has 3 nitrogen and oxygen atoms in total. The summed E-state index contributed by atoms with van der Waals surface area (Å²) in [6.45, 7) is 12.6. The van der Waals surface area contributed by atoms with Gasteiger partial charge in [0.05, 0.1) is 11.2 Å². The molecule has 3 fully saturated rings. The zero-order chi connectivity index (χ0) is 15.3. The predicted molar refractivity (Wildman–Crippen MR) is 87.6 cm³/mol. The highest BCUT2D eigenvalue weighted by Crippen LogP contribution is 2.42. The summed E-state index contributed by atoms with van der Waals surface area (Å²) in [5.74, 6) is 0. The fraction of sp³-hybridized carbons (Fsp3) is 1.00. The van der Waals surface area contributed by atoms with Gasteiger partial charge in [-0.2, -0.15) is 0 Å². The van der Waals surface area contributed by atoms with E-state index in [0.29, 0.717) is 6.04 Å². The maximum Gasteiger partial charge on any atom is 0.0789 e. The van der Waals surface area contributed by atoms with E-state index < -0.39 is 0 Å². The van der Waals surface area contributed by atoms with Gasteiger partial charge >= 0.3 is 0 Å². The number of hydrogen-bond acceptors (Lipinski definition) is 3. The third-order valence-electron chi connectivity index (χ3n) is 5.83. The van der Waals surface area contributed by atoms with Gasteiger partial charge in [0.25, 0.3) is 0 Å². The molecule has 3 atom stereocenters. The second-order valence-electron chi connectivity index (χ2n) is 8.69. The minimum atomic E-state index is -0.0252. The van der Waals surface area contributed by atoms with E-state index in [2.05, 4.69) is 44.8 Å². The van der Waals surface area contributed by atoms with Crippen molar-refractivity contribution < 1.29 is 4.74 Å². The molecule has 0 amide bonds. The lowest BCUT2D eigenvalue weighted by Gasteiger charge is -2.44. The number of nitrogens with zero attached hydrogens (tertiary/aromatic N) is 1. The van der Waals surface area contributed by atoms with Crippen molar-refractivity contribution in [3.63, 3.8) is 0 Å². The Morgan fingerprint density at radius 3 is 2.19 bits per heavy atom. The molecule has 3 aliphatic rings. The van der Waals surface area contributed by atoms with Crippen molar-refractivity contribution in [1.29, 1.82) is 0 Å². The summed E-state index contributed by atoms with van der Waals surface area (Å²) in [6.07, 6.45) is 7.85. The molecule has 0 spiro atoms. The van der Waals surface area contributed by atoms with E-state index in [0.717, 1.165) is 18.1 Å². The number of ether oxygens (including phenoxy) is 1. The van der Waals surface area contributed by atoms with Crippen molar-refractivity contribution in [2.45, 2.75) is 109 Å². The van der Waals surface area contributed by atoms with Crippen LogP contribution in [-0.4, -0.2) is 46.8 Å². The average molecular weight is 294 g/mol. The van der Waals surface area contributed by atoms with Crippen LogP contribution in [0.3, 0.4) is 0 Å². The SMILES string of the molecule is CCCN(C1CC2CCC(C1)N2)C1CC(C)(C)OC1(C)C. The molecule has 0 aliphatic carbocycles. The molecule has 3 heterocycles. The standard InChI is InChI=1S/C18H34N2O/c1-6-9-20(15-10-13-7-8-14(11-15)19-13)16-12-17(2,3)21-18(16,4)5/h13-16,19H,6-12H2,1-5H3. The minimum Gasteiger partial charge on any atom is -0.368 e. The van der Waals surface area contributed by atoms with Crippen molar-refractivity contribution >= 4 is 0 Å². The predicted octanol–water partition coefficient (Wildman–Crippen LogP) is 3.33. The van der Waals surface area contributed by atoms with Gasteiger partial charge < -0.3 is 10.1 Å². The maximum absolute atomic E-state index is 6.38. The Hall–Kier alpha value is -0.120. The highest BCUT2D eigenvalue weighted by Gasteiger charge is 2.50. The first-order valence-electron chi connectivity index (χ1n) is 9.03. The summed E-state index contributed by atoms with van der Waals surface area (Å²) >= 11 is 0. The van der Waals surface area contributed by atoms with Crippen LogP contribution >= 0.6 is 0 Å². The lowest BCUT2D eigenvalue weighted by molar-refractivity contribution is -0.0860. The Morgan fingerprint density at radius 2 is 1.71 bits per heavy atom. The topological polar surface area (TPSA) is 24.5 Å². The van der Waals surface area contributed by atoms with Gasteiger partial charge in [-0.05, 0) is 72.8 Å². The van der Waals surface area contributed by atoms with Crippen LogP contribution in [0.1, 0.15) is 73.1 Å². The zero-order valence-corrected chi connectivity index (χ0v) is 14.6. The van der Waals surface area contributed by atoms with Crippen LogP contribution in [-0.2, 0) is 4.74 Å². The van der Waals surface area contributed by atoms with Gasteiger partial charge in [-0.1, -0.05) is 6.92 Å². The monoisotopic (exact) mass is 294 g/mol. The van der Waals surface area contributed by atoms with Gasteiger partial charge in [0.15, 0.2) is 0 Å². The van der Waals surface area contributed by atoms with Crippen molar-refractivity contribution in [1.82, 2.24) is 10.2 Å². The molecule has 2 bridgehead atoms. The number of fused-ring (bicyclic) bond motifs is 2. The molecule has 3 unspecified atom stereocenters. The lowest BCUT2D eigenvalue weighted by Crippen LogP contribution is -2.56. The summed E-state index contributed by atoms with van der Waals surface area (Å²) < 4.78 is 6.38. The smallest absolute Gasteiger partial charge is 0.0789 e. The average Bonchev–Trinajstić information content (AvgIpc) is 2.81. The molecule has 1 N–H and O–H groups in total.